The Morgan fingerprint density at radius 1 is 1.42 bits per heavy atom. The molecule has 0 bridgehead atoms. The molecule has 0 spiro atoms. The van der Waals surface area contributed by atoms with E-state index in [0.29, 0.717) is 17.8 Å². The average Bonchev–Trinajstić information content (AvgIpc) is 2.31. The Morgan fingerprint density at radius 2 is 2.16 bits per heavy atom. The minimum absolute atomic E-state index is 0.0238. The predicted molar refractivity (Wildman–Crippen MR) is 73.0 cm³/mol. The van der Waals surface area contributed by atoms with Crippen molar-refractivity contribution in [2.45, 2.75) is 19.8 Å². The van der Waals surface area contributed by atoms with Gasteiger partial charge in [0.2, 0.25) is 11.7 Å². The lowest BCUT2D eigenvalue weighted by Crippen LogP contribution is -2.19. The molecule has 19 heavy (non-hydrogen) atoms. The van der Waals surface area contributed by atoms with Gasteiger partial charge in [-0.15, -0.1) is 0 Å². The molecule has 1 amide bonds. The predicted octanol–water partition coefficient (Wildman–Crippen LogP) is 1.61. The smallest absolute Gasteiger partial charge is 0.221 e. The number of amides is 1. The molecule has 1 aliphatic rings. The molecular formula is C14H17N3O2. The Balaban J connectivity index is 2.31. The Kier molecular flexibility index (Phi) is 3.64. The standard InChI is InChI=1S/C14H17N3O2/c1-9(18)16-12-6-10-4-5-11(8-17(2)3)14(19)13(10)15-7-12/h6-8H,4-5H2,1-3H3,(H,16,18)/b11-8-. The summed E-state index contributed by atoms with van der Waals surface area (Å²) < 4.78 is 0. The molecule has 5 heteroatoms. The van der Waals surface area contributed by atoms with Gasteiger partial charge in [-0.3, -0.25) is 14.6 Å². The summed E-state index contributed by atoms with van der Waals surface area (Å²) in [5.74, 6) is -0.165. The summed E-state index contributed by atoms with van der Waals surface area (Å²) in [6.45, 7) is 1.45. The number of nitrogens with zero attached hydrogens (tertiary/aromatic N) is 2. The molecule has 0 fully saturated rings. The van der Waals surface area contributed by atoms with Crippen LogP contribution >= 0.6 is 0 Å². The van der Waals surface area contributed by atoms with Crippen LogP contribution in [0.2, 0.25) is 0 Å². The number of aromatic nitrogens is 1. The lowest BCUT2D eigenvalue weighted by Gasteiger charge is -2.19. The molecule has 0 radical (unpaired) electrons. The minimum Gasteiger partial charge on any atom is -0.383 e. The van der Waals surface area contributed by atoms with Gasteiger partial charge in [0.1, 0.15) is 5.69 Å². The van der Waals surface area contributed by atoms with Crippen molar-refractivity contribution < 1.29 is 9.59 Å². The van der Waals surface area contributed by atoms with E-state index < -0.39 is 0 Å². The van der Waals surface area contributed by atoms with E-state index in [2.05, 4.69) is 10.3 Å². The van der Waals surface area contributed by atoms with Crippen LogP contribution in [-0.4, -0.2) is 35.7 Å². The highest BCUT2D eigenvalue weighted by atomic mass is 16.1. The molecule has 1 heterocycles. The van der Waals surface area contributed by atoms with Crippen molar-refractivity contribution in [3.63, 3.8) is 0 Å². The van der Waals surface area contributed by atoms with Gasteiger partial charge in [0.15, 0.2) is 0 Å². The lowest BCUT2D eigenvalue weighted by atomic mass is 9.90. The monoisotopic (exact) mass is 259 g/mol. The lowest BCUT2D eigenvalue weighted by molar-refractivity contribution is -0.114. The maximum atomic E-state index is 12.2. The fraction of sp³-hybridized carbons (Fsp3) is 0.357. The van der Waals surface area contributed by atoms with Gasteiger partial charge in [0, 0.05) is 32.8 Å². The van der Waals surface area contributed by atoms with Crippen molar-refractivity contribution in [2.75, 3.05) is 19.4 Å². The summed E-state index contributed by atoms with van der Waals surface area (Å²) in [7, 11) is 3.78. The first-order valence-electron chi connectivity index (χ1n) is 6.15. The van der Waals surface area contributed by atoms with E-state index in [0.717, 1.165) is 17.6 Å². The average molecular weight is 259 g/mol. The summed E-state index contributed by atoms with van der Waals surface area (Å²) in [6, 6.07) is 1.83. The van der Waals surface area contributed by atoms with Crippen molar-refractivity contribution >= 4 is 17.4 Å². The Labute approximate surface area is 112 Å². The second kappa shape index (κ2) is 5.22. The fourth-order valence-electron chi connectivity index (χ4n) is 2.15. The Morgan fingerprint density at radius 3 is 2.79 bits per heavy atom. The first kappa shape index (κ1) is 13.3. The molecule has 100 valence electrons. The maximum absolute atomic E-state index is 12.2. The number of aryl methyl sites for hydroxylation is 1. The number of nitrogens with one attached hydrogen (secondary N) is 1. The van der Waals surface area contributed by atoms with Crippen molar-refractivity contribution in [3.05, 3.63) is 35.3 Å². The number of fused-ring (bicyclic) bond motifs is 1. The minimum atomic E-state index is -0.142. The van der Waals surface area contributed by atoms with Crippen LogP contribution in [0.3, 0.4) is 0 Å². The second-order valence-electron chi connectivity index (χ2n) is 4.86. The molecule has 1 N–H and O–H groups in total. The number of Topliss-reactive ketones (excluding diaryl/α,β-unsaturated/α-hetero) is 1. The second-order valence-corrected chi connectivity index (χ2v) is 4.86. The number of pyridine rings is 1. The van der Waals surface area contributed by atoms with E-state index in [4.69, 9.17) is 0 Å². The molecule has 1 aromatic heterocycles. The third kappa shape index (κ3) is 2.99. The molecule has 0 saturated carbocycles. The number of anilines is 1. The third-order valence-corrected chi connectivity index (χ3v) is 2.87. The Bertz CT molecular complexity index is 562. The topological polar surface area (TPSA) is 62.3 Å². The molecule has 5 nitrogen and oxygen atoms in total. The highest BCUT2D eigenvalue weighted by Gasteiger charge is 2.23. The van der Waals surface area contributed by atoms with E-state index in [1.807, 2.05) is 31.3 Å². The summed E-state index contributed by atoms with van der Waals surface area (Å²) in [5.41, 5.74) is 2.80. The maximum Gasteiger partial charge on any atom is 0.221 e. The molecule has 1 aliphatic carbocycles. The van der Waals surface area contributed by atoms with Gasteiger partial charge in [-0.05, 0) is 24.5 Å². The number of carbonyl (C=O) groups is 2. The first-order chi connectivity index (χ1) is 8.97. The molecule has 1 aromatic rings. The number of rotatable bonds is 2. The van der Waals surface area contributed by atoms with Gasteiger partial charge in [-0.25, -0.2) is 0 Å². The molecule has 0 aliphatic heterocycles. The number of allylic oxidation sites excluding steroid dienone is 1. The van der Waals surface area contributed by atoms with Gasteiger partial charge in [0.25, 0.3) is 0 Å². The van der Waals surface area contributed by atoms with E-state index in [1.54, 1.807) is 0 Å². The highest BCUT2D eigenvalue weighted by molar-refractivity contribution is 6.09. The van der Waals surface area contributed by atoms with Crippen LogP contribution in [0, 0.1) is 0 Å². The quantitative estimate of drug-likeness (QED) is 0.820. The van der Waals surface area contributed by atoms with Crippen LogP contribution < -0.4 is 5.32 Å². The zero-order valence-electron chi connectivity index (χ0n) is 11.4. The van der Waals surface area contributed by atoms with Gasteiger partial charge in [-0.1, -0.05) is 0 Å². The zero-order valence-corrected chi connectivity index (χ0v) is 11.4. The zero-order chi connectivity index (χ0) is 14.0. The number of carbonyl (C=O) groups excluding carboxylic acids is 2. The van der Waals surface area contributed by atoms with Gasteiger partial charge in [0.05, 0.1) is 11.9 Å². The highest BCUT2D eigenvalue weighted by Crippen LogP contribution is 2.25. The van der Waals surface area contributed by atoms with Crippen molar-refractivity contribution in [2.24, 2.45) is 0 Å². The van der Waals surface area contributed by atoms with Crippen LogP contribution in [0.5, 0.6) is 0 Å². The molecule has 0 saturated heterocycles. The van der Waals surface area contributed by atoms with E-state index in [1.165, 1.54) is 13.1 Å². The van der Waals surface area contributed by atoms with Gasteiger partial charge < -0.3 is 10.2 Å². The Hall–Kier alpha value is -2.17. The normalized spacial score (nSPS) is 16.2. The number of hydrogen-bond donors (Lipinski definition) is 1. The van der Waals surface area contributed by atoms with E-state index in [9.17, 15) is 9.59 Å². The molecule has 2 rings (SSSR count). The van der Waals surface area contributed by atoms with Crippen LogP contribution in [-0.2, 0) is 11.2 Å². The first-order valence-corrected chi connectivity index (χ1v) is 6.15. The van der Waals surface area contributed by atoms with Crippen LogP contribution in [0.15, 0.2) is 24.0 Å². The van der Waals surface area contributed by atoms with Crippen molar-refractivity contribution in [3.8, 4) is 0 Å². The van der Waals surface area contributed by atoms with E-state index in [-0.39, 0.29) is 11.7 Å². The van der Waals surface area contributed by atoms with Gasteiger partial charge in [-0.2, -0.15) is 0 Å². The fourth-order valence-corrected chi connectivity index (χ4v) is 2.15. The largest absolute Gasteiger partial charge is 0.383 e. The van der Waals surface area contributed by atoms with Gasteiger partial charge >= 0.3 is 0 Å². The molecule has 0 atom stereocenters. The van der Waals surface area contributed by atoms with Crippen molar-refractivity contribution in [1.82, 2.24) is 9.88 Å². The summed E-state index contributed by atoms with van der Waals surface area (Å²) >= 11 is 0. The molecular weight excluding hydrogens is 242 g/mol. The summed E-state index contributed by atoms with van der Waals surface area (Å²) in [5, 5.41) is 2.68. The summed E-state index contributed by atoms with van der Waals surface area (Å²) in [6.07, 6.45) is 4.84. The summed E-state index contributed by atoms with van der Waals surface area (Å²) in [4.78, 5) is 29.3. The van der Waals surface area contributed by atoms with Crippen LogP contribution in [0.25, 0.3) is 0 Å². The van der Waals surface area contributed by atoms with Crippen molar-refractivity contribution in [1.29, 1.82) is 0 Å². The number of ketones is 1. The SMILES string of the molecule is CC(=O)Nc1cnc2c(c1)CC/C(=C/N(C)C)C2=O. The van der Waals surface area contributed by atoms with Crippen LogP contribution in [0.1, 0.15) is 29.4 Å². The third-order valence-electron chi connectivity index (χ3n) is 2.87. The molecule has 0 aromatic carbocycles. The number of hydrogen-bond acceptors (Lipinski definition) is 4. The van der Waals surface area contributed by atoms with E-state index >= 15 is 0 Å². The molecule has 0 unspecified atom stereocenters. The van der Waals surface area contributed by atoms with Crippen LogP contribution in [0.4, 0.5) is 5.69 Å².